The van der Waals surface area contributed by atoms with Crippen LogP contribution in [0.5, 0.6) is 0 Å². The number of carbonyl (C=O) groups excluding carboxylic acids is 1. The fourth-order valence-electron chi connectivity index (χ4n) is 2.75. The van der Waals surface area contributed by atoms with Crippen molar-refractivity contribution in [3.05, 3.63) is 35.4 Å². The Hall–Kier alpha value is -1.69. The minimum absolute atomic E-state index is 0.0475. The van der Waals surface area contributed by atoms with Gasteiger partial charge in [-0.05, 0) is 44.7 Å². The van der Waals surface area contributed by atoms with Crippen LogP contribution in [0.3, 0.4) is 0 Å². The predicted octanol–water partition coefficient (Wildman–Crippen LogP) is 3.97. The van der Waals surface area contributed by atoms with Gasteiger partial charge in [-0.3, -0.25) is 0 Å². The second-order valence-electron chi connectivity index (χ2n) is 7.26. The van der Waals surface area contributed by atoms with E-state index in [1.165, 1.54) is 12.1 Å². The van der Waals surface area contributed by atoms with Crippen LogP contribution in [0.4, 0.5) is 13.6 Å². The number of rotatable bonds is 5. The predicted molar refractivity (Wildman–Crippen MR) is 89.0 cm³/mol. The van der Waals surface area contributed by atoms with Gasteiger partial charge in [0.05, 0.1) is 0 Å². The van der Waals surface area contributed by atoms with Crippen LogP contribution in [0, 0.1) is 5.92 Å². The van der Waals surface area contributed by atoms with Crippen LogP contribution in [-0.2, 0) is 11.3 Å². The number of nitrogens with one attached hydrogen (secondary N) is 1. The lowest BCUT2D eigenvalue weighted by molar-refractivity contribution is 0.0288. The van der Waals surface area contributed by atoms with Crippen LogP contribution in [0.2, 0.25) is 0 Å². The molecule has 24 heavy (non-hydrogen) atoms. The first-order chi connectivity index (χ1) is 11.2. The number of halogens is 2. The van der Waals surface area contributed by atoms with Gasteiger partial charge in [0.25, 0.3) is 6.43 Å². The Morgan fingerprint density at radius 3 is 2.83 bits per heavy atom. The second-order valence-corrected chi connectivity index (χ2v) is 7.26. The molecule has 1 amide bonds. The molecule has 2 rings (SSSR count). The van der Waals surface area contributed by atoms with Crippen LogP contribution >= 0.6 is 0 Å². The summed E-state index contributed by atoms with van der Waals surface area (Å²) < 4.78 is 30.7. The number of carbonyl (C=O) groups is 1. The SMILES string of the molecule is CC(C)(C)OC(=O)N1CCC(CNCc2cccc(C(F)F)c2)C1. The fourth-order valence-corrected chi connectivity index (χ4v) is 2.75. The highest BCUT2D eigenvalue weighted by atomic mass is 19.3. The van der Waals surface area contributed by atoms with E-state index in [1.807, 2.05) is 26.8 Å². The molecule has 1 saturated heterocycles. The first-order valence-electron chi connectivity index (χ1n) is 8.30. The molecule has 134 valence electrons. The summed E-state index contributed by atoms with van der Waals surface area (Å²) in [5.41, 5.74) is 0.407. The smallest absolute Gasteiger partial charge is 0.410 e. The van der Waals surface area contributed by atoms with Crippen molar-refractivity contribution >= 4 is 6.09 Å². The standard InChI is InChI=1S/C18H26F2N2O2/c1-18(2,3)24-17(23)22-8-7-14(12-22)11-21-10-13-5-4-6-15(9-13)16(19)20/h4-6,9,14,16,21H,7-8,10-12H2,1-3H3. The lowest BCUT2D eigenvalue weighted by atomic mass is 10.1. The molecular formula is C18H26F2N2O2. The molecule has 1 N–H and O–H groups in total. The molecule has 1 aromatic carbocycles. The molecule has 1 aliphatic heterocycles. The van der Waals surface area contributed by atoms with E-state index in [9.17, 15) is 13.6 Å². The zero-order valence-corrected chi connectivity index (χ0v) is 14.5. The quantitative estimate of drug-likeness (QED) is 0.882. The lowest BCUT2D eigenvalue weighted by Crippen LogP contribution is -2.36. The topological polar surface area (TPSA) is 41.6 Å². The monoisotopic (exact) mass is 340 g/mol. The van der Waals surface area contributed by atoms with Crippen molar-refractivity contribution < 1.29 is 18.3 Å². The Morgan fingerprint density at radius 2 is 2.17 bits per heavy atom. The largest absolute Gasteiger partial charge is 0.444 e. The fraction of sp³-hybridized carbons (Fsp3) is 0.611. The van der Waals surface area contributed by atoms with Crippen molar-refractivity contribution in [2.45, 2.75) is 45.8 Å². The summed E-state index contributed by atoms with van der Waals surface area (Å²) in [4.78, 5) is 13.7. The Kier molecular flexibility index (Phi) is 6.15. The third-order valence-electron chi connectivity index (χ3n) is 3.90. The van der Waals surface area contributed by atoms with E-state index in [0.29, 0.717) is 25.6 Å². The van der Waals surface area contributed by atoms with Gasteiger partial charge in [-0.25, -0.2) is 13.6 Å². The maximum Gasteiger partial charge on any atom is 0.410 e. The first kappa shape index (κ1) is 18.6. The average molecular weight is 340 g/mol. The van der Waals surface area contributed by atoms with E-state index in [0.717, 1.165) is 18.5 Å². The third kappa shape index (κ3) is 5.74. The van der Waals surface area contributed by atoms with Crippen molar-refractivity contribution in [3.63, 3.8) is 0 Å². The maximum atomic E-state index is 12.7. The van der Waals surface area contributed by atoms with Crippen LogP contribution < -0.4 is 5.32 Å². The highest BCUT2D eigenvalue weighted by Crippen LogP contribution is 2.20. The maximum absolute atomic E-state index is 12.7. The number of hydrogen-bond donors (Lipinski definition) is 1. The average Bonchev–Trinajstić information content (AvgIpc) is 2.95. The van der Waals surface area contributed by atoms with Gasteiger partial charge in [0, 0.05) is 31.7 Å². The summed E-state index contributed by atoms with van der Waals surface area (Å²) >= 11 is 0. The minimum Gasteiger partial charge on any atom is -0.444 e. The first-order valence-corrected chi connectivity index (χ1v) is 8.30. The number of alkyl halides is 2. The molecule has 1 atom stereocenters. The molecular weight excluding hydrogens is 314 g/mol. The number of amides is 1. The molecule has 1 aromatic rings. The number of ether oxygens (including phenoxy) is 1. The Bertz CT molecular complexity index is 558. The zero-order valence-electron chi connectivity index (χ0n) is 14.5. The van der Waals surface area contributed by atoms with Gasteiger partial charge in [0.2, 0.25) is 0 Å². The van der Waals surface area contributed by atoms with Crippen molar-refractivity contribution in [2.75, 3.05) is 19.6 Å². The van der Waals surface area contributed by atoms with Gasteiger partial charge in [-0.15, -0.1) is 0 Å². The lowest BCUT2D eigenvalue weighted by Gasteiger charge is -2.24. The van der Waals surface area contributed by atoms with Gasteiger partial charge < -0.3 is 15.0 Å². The molecule has 0 spiro atoms. The molecule has 0 saturated carbocycles. The van der Waals surface area contributed by atoms with Gasteiger partial charge in [-0.2, -0.15) is 0 Å². The molecule has 1 unspecified atom stereocenters. The van der Waals surface area contributed by atoms with Crippen molar-refractivity contribution in [2.24, 2.45) is 5.92 Å². The molecule has 0 bridgehead atoms. The molecule has 6 heteroatoms. The zero-order chi connectivity index (χ0) is 17.7. The van der Waals surface area contributed by atoms with Crippen LogP contribution in [0.15, 0.2) is 24.3 Å². The van der Waals surface area contributed by atoms with E-state index >= 15 is 0 Å². The van der Waals surface area contributed by atoms with Crippen molar-refractivity contribution in [3.8, 4) is 0 Å². The van der Waals surface area contributed by atoms with Gasteiger partial charge >= 0.3 is 6.09 Å². The molecule has 1 heterocycles. The normalized spacial score (nSPS) is 18.2. The molecule has 4 nitrogen and oxygen atoms in total. The van der Waals surface area contributed by atoms with Gasteiger partial charge in [0.15, 0.2) is 0 Å². The van der Waals surface area contributed by atoms with Crippen LogP contribution in [0.25, 0.3) is 0 Å². The summed E-state index contributed by atoms with van der Waals surface area (Å²) in [6.45, 7) is 8.22. The summed E-state index contributed by atoms with van der Waals surface area (Å²) in [5, 5.41) is 3.29. The Morgan fingerprint density at radius 1 is 1.42 bits per heavy atom. The molecule has 1 aliphatic rings. The van der Waals surface area contributed by atoms with Crippen LogP contribution in [-0.4, -0.2) is 36.2 Å². The van der Waals surface area contributed by atoms with Crippen molar-refractivity contribution in [1.82, 2.24) is 10.2 Å². The summed E-state index contributed by atoms with van der Waals surface area (Å²) in [6.07, 6.45) is -1.79. The number of benzene rings is 1. The molecule has 0 aromatic heterocycles. The molecule has 0 aliphatic carbocycles. The number of nitrogens with zero attached hydrogens (tertiary/aromatic N) is 1. The van der Waals surface area contributed by atoms with E-state index in [2.05, 4.69) is 5.32 Å². The minimum atomic E-state index is -2.44. The summed E-state index contributed by atoms with van der Waals surface area (Å²) in [7, 11) is 0. The van der Waals surface area contributed by atoms with Crippen LogP contribution in [0.1, 0.15) is 44.7 Å². The van der Waals surface area contributed by atoms with Crippen molar-refractivity contribution in [1.29, 1.82) is 0 Å². The number of hydrogen-bond acceptors (Lipinski definition) is 3. The van der Waals surface area contributed by atoms with E-state index in [4.69, 9.17) is 4.74 Å². The molecule has 1 fully saturated rings. The second kappa shape index (κ2) is 7.92. The summed E-state index contributed by atoms with van der Waals surface area (Å²) in [6, 6.07) is 6.45. The third-order valence-corrected chi connectivity index (χ3v) is 3.90. The Balaban J connectivity index is 1.74. The van der Waals surface area contributed by atoms with Gasteiger partial charge in [-0.1, -0.05) is 18.2 Å². The highest BCUT2D eigenvalue weighted by Gasteiger charge is 2.29. The Labute approximate surface area is 142 Å². The van der Waals surface area contributed by atoms with Gasteiger partial charge in [0.1, 0.15) is 5.60 Å². The highest BCUT2D eigenvalue weighted by molar-refractivity contribution is 5.68. The van der Waals surface area contributed by atoms with E-state index < -0.39 is 12.0 Å². The summed E-state index contributed by atoms with van der Waals surface area (Å²) in [5.74, 6) is 0.357. The number of likely N-dealkylation sites (tertiary alicyclic amines) is 1. The van der Waals surface area contributed by atoms with E-state index in [-0.39, 0.29) is 11.7 Å². The van der Waals surface area contributed by atoms with E-state index in [1.54, 1.807) is 11.0 Å². The molecule has 0 radical (unpaired) electrons.